The summed E-state index contributed by atoms with van der Waals surface area (Å²) < 4.78 is 10.4. The van der Waals surface area contributed by atoms with Crippen LogP contribution < -0.4 is 20.1 Å². The number of amides is 1. The molecule has 2 aromatic carbocycles. The number of benzene rings is 2. The molecule has 1 atom stereocenters. The number of hydrogen-bond acceptors (Lipinski definition) is 3. The Morgan fingerprint density at radius 1 is 1.17 bits per heavy atom. The number of carbonyl (C=O) groups excluding carboxylic acids is 1. The summed E-state index contributed by atoms with van der Waals surface area (Å²) in [5.41, 5.74) is 1.68. The Hall–Kier alpha value is -2.24. The predicted molar refractivity (Wildman–Crippen MR) is 94.8 cm³/mol. The van der Waals surface area contributed by atoms with Crippen molar-refractivity contribution >= 4 is 23.2 Å². The second-order valence-corrected chi connectivity index (χ2v) is 5.78. The van der Waals surface area contributed by atoms with Crippen LogP contribution in [0.25, 0.3) is 0 Å². The van der Waals surface area contributed by atoms with E-state index in [0.29, 0.717) is 28.8 Å². The molecule has 1 amide bonds. The van der Waals surface area contributed by atoms with Crippen LogP contribution >= 0.6 is 11.6 Å². The van der Waals surface area contributed by atoms with Gasteiger partial charge in [0.25, 0.3) is 5.91 Å². The number of methoxy groups -OCH3 is 2. The SMILES string of the molecule is COc1ccc(NC(=O)C[NH2+][C@H](C)c2ccccc2Cl)cc1OC. The van der Waals surface area contributed by atoms with Gasteiger partial charge in [0.15, 0.2) is 18.0 Å². The van der Waals surface area contributed by atoms with Crippen molar-refractivity contribution in [3.8, 4) is 11.5 Å². The molecule has 0 aliphatic heterocycles. The molecule has 0 unspecified atom stereocenters. The number of carbonyl (C=O) groups is 1. The maximum Gasteiger partial charge on any atom is 0.279 e. The molecule has 24 heavy (non-hydrogen) atoms. The van der Waals surface area contributed by atoms with E-state index < -0.39 is 0 Å². The first-order valence-electron chi connectivity index (χ1n) is 7.64. The number of halogens is 1. The molecule has 0 radical (unpaired) electrons. The Morgan fingerprint density at radius 2 is 1.88 bits per heavy atom. The Morgan fingerprint density at radius 3 is 2.54 bits per heavy atom. The molecule has 0 saturated carbocycles. The van der Waals surface area contributed by atoms with E-state index in [1.807, 2.05) is 36.5 Å². The molecule has 2 aromatic rings. The maximum absolute atomic E-state index is 12.1. The Bertz CT molecular complexity index is 706. The van der Waals surface area contributed by atoms with Crippen molar-refractivity contribution in [3.05, 3.63) is 53.1 Å². The van der Waals surface area contributed by atoms with E-state index in [-0.39, 0.29) is 11.9 Å². The van der Waals surface area contributed by atoms with Crippen molar-refractivity contribution in [2.24, 2.45) is 0 Å². The highest BCUT2D eigenvalue weighted by Crippen LogP contribution is 2.29. The second-order valence-electron chi connectivity index (χ2n) is 5.37. The Kier molecular flexibility index (Phi) is 6.46. The molecule has 0 bridgehead atoms. The van der Waals surface area contributed by atoms with Gasteiger partial charge in [-0.1, -0.05) is 29.8 Å². The Balaban J connectivity index is 1.93. The molecule has 0 fully saturated rings. The van der Waals surface area contributed by atoms with E-state index in [9.17, 15) is 4.79 Å². The van der Waals surface area contributed by atoms with E-state index in [4.69, 9.17) is 21.1 Å². The average molecular weight is 350 g/mol. The normalized spacial score (nSPS) is 11.7. The molecule has 0 aromatic heterocycles. The zero-order valence-electron chi connectivity index (χ0n) is 14.0. The molecule has 2 rings (SSSR count). The topological polar surface area (TPSA) is 64.2 Å². The van der Waals surface area contributed by atoms with Gasteiger partial charge in [0.1, 0.15) is 6.04 Å². The van der Waals surface area contributed by atoms with Gasteiger partial charge in [-0.25, -0.2) is 0 Å². The first-order chi connectivity index (χ1) is 11.5. The summed E-state index contributed by atoms with van der Waals surface area (Å²) in [5, 5.41) is 5.50. The first-order valence-corrected chi connectivity index (χ1v) is 8.02. The molecular weight excluding hydrogens is 328 g/mol. The summed E-state index contributed by atoms with van der Waals surface area (Å²) in [6, 6.07) is 13.0. The lowest BCUT2D eigenvalue weighted by molar-refractivity contribution is -0.682. The number of quaternary nitrogens is 1. The maximum atomic E-state index is 12.1. The van der Waals surface area contributed by atoms with Crippen molar-refractivity contribution in [3.63, 3.8) is 0 Å². The molecule has 5 nitrogen and oxygen atoms in total. The minimum absolute atomic E-state index is 0.0925. The summed E-state index contributed by atoms with van der Waals surface area (Å²) in [7, 11) is 3.13. The number of ether oxygens (including phenoxy) is 2. The zero-order chi connectivity index (χ0) is 17.5. The van der Waals surface area contributed by atoms with Gasteiger partial charge in [-0.3, -0.25) is 4.79 Å². The van der Waals surface area contributed by atoms with Crippen LogP contribution in [0.2, 0.25) is 5.02 Å². The smallest absolute Gasteiger partial charge is 0.279 e. The third-order valence-corrected chi connectivity index (χ3v) is 4.06. The highest BCUT2D eigenvalue weighted by Gasteiger charge is 2.14. The zero-order valence-corrected chi connectivity index (χ0v) is 14.8. The fourth-order valence-electron chi connectivity index (χ4n) is 2.38. The van der Waals surface area contributed by atoms with Gasteiger partial charge in [0.2, 0.25) is 0 Å². The quantitative estimate of drug-likeness (QED) is 0.807. The fraction of sp³-hybridized carbons (Fsp3) is 0.278. The van der Waals surface area contributed by atoms with Crippen LogP contribution in [-0.4, -0.2) is 26.7 Å². The third kappa shape index (κ3) is 4.63. The number of anilines is 1. The van der Waals surface area contributed by atoms with Crippen molar-refractivity contribution < 1.29 is 19.6 Å². The number of rotatable bonds is 7. The summed E-state index contributed by atoms with van der Waals surface area (Å²) >= 11 is 6.18. The first kappa shape index (κ1) is 18.1. The lowest BCUT2D eigenvalue weighted by Crippen LogP contribution is -2.86. The summed E-state index contributed by atoms with van der Waals surface area (Å²) in [6.45, 7) is 2.31. The van der Waals surface area contributed by atoms with Crippen molar-refractivity contribution in [2.75, 3.05) is 26.1 Å². The summed E-state index contributed by atoms with van der Waals surface area (Å²) in [4.78, 5) is 12.1. The van der Waals surface area contributed by atoms with Crippen LogP contribution in [0.5, 0.6) is 11.5 Å². The largest absolute Gasteiger partial charge is 0.493 e. The summed E-state index contributed by atoms with van der Waals surface area (Å²) in [5.74, 6) is 1.10. The molecule has 0 aliphatic carbocycles. The molecule has 128 valence electrons. The third-order valence-electron chi connectivity index (χ3n) is 3.72. The summed E-state index contributed by atoms with van der Waals surface area (Å²) in [6.07, 6.45) is 0. The van der Waals surface area contributed by atoms with Crippen molar-refractivity contribution in [1.82, 2.24) is 0 Å². The van der Waals surface area contributed by atoms with E-state index in [1.54, 1.807) is 32.4 Å². The van der Waals surface area contributed by atoms with E-state index in [2.05, 4.69) is 5.32 Å². The van der Waals surface area contributed by atoms with Crippen LogP contribution in [-0.2, 0) is 4.79 Å². The van der Waals surface area contributed by atoms with Gasteiger partial charge in [-0.05, 0) is 25.1 Å². The van der Waals surface area contributed by atoms with E-state index in [0.717, 1.165) is 5.56 Å². The highest BCUT2D eigenvalue weighted by atomic mass is 35.5. The number of nitrogens with one attached hydrogen (secondary N) is 1. The molecule has 3 N–H and O–H groups in total. The Labute approximate surface area is 146 Å². The minimum atomic E-state index is -0.0962. The van der Waals surface area contributed by atoms with Gasteiger partial charge in [-0.15, -0.1) is 0 Å². The monoisotopic (exact) mass is 349 g/mol. The van der Waals surface area contributed by atoms with Gasteiger partial charge in [-0.2, -0.15) is 0 Å². The van der Waals surface area contributed by atoms with Gasteiger partial charge in [0.05, 0.1) is 14.2 Å². The molecule has 0 saturated heterocycles. The van der Waals surface area contributed by atoms with Crippen LogP contribution in [0.3, 0.4) is 0 Å². The van der Waals surface area contributed by atoms with E-state index >= 15 is 0 Å². The van der Waals surface area contributed by atoms with Crippen LogP contribution in [0, 0.1) is 0 Å². The number of hydrogen-bond donors (Lipinski definition) is 2. The van der Waals surface area contributed by atoms with Crippen molar-refractivity contribution in [1.29, 1.82) is 0 Å². The lowest BCUT2D eigenvalue weighted by atomic mass is 10.1. The molecule has 6 heteroatoms. The number of nitrogens with two attached hydrogens (primary N) is 1. The fourth-order valence-corrected chi connectivity index (χ4v) is 2.69. The van der Waals surface area contributed by atoms with Crippen molar-refractivity contribution in [2.45, 2.75) is 13.0 Å². The van der Waals surface area contributed by atoms with Gasteiger partial charge >= 0.3 is 0 Å². The molecule has 0 spiro atoms. The molecular formula is C18H22ClN2O3+. The second kappa shape index (κ2) is 8.57. The van der Waals surface area contributed by atoms with Gasteiger partial charge < -0.3 is 20.1 Å². The lowest BCUT2D eigenvalue weighted by Gasteiger charge is -2.13. The minimum Gasteiger partial charge on any atom is -0.493 e. The predicted octanol–water partition coefficient (Wildman–Crippen LogP) is 2.62. The van der Waals surface area contributed by atoms with E-state index in [1.165, 1.54) is 0 Å². The average Bonchev–Trinajstić information content (AvgIpc) is 2.60. The van der Waals surface area contributed by atoms with Crippen LogP contribution in [0.15, 0.2) is 42.5 Å². The standard InChI is InChI=1S/C18H21ClN2O3/c1-12(14-6-4-5-7-15(14)19)20-11-18(22)21-13-8-9-16(23-2)17(10-13)24-3/h4-10,12,20H,11H2,1-3H3,(H,21,22)/p+1/t12-/m1/s1. The highest BCUT2D eigenvalue weighted by molar-refractivity contribution is 6.31. The molecule has 0 aliphatic rings. The molecule has 0 heterocycles. The van der Waals surface area contributed by atoms with Gasteiger partial charge in [0, 0.05) is 22.3 Å². The van der Waals surface area contributed by atoms with Crippen LogP contribution in [0.1, 0.15) is 18.5 Å². The van der Waals surface area contributed by atoms with Crippen LogP contribution in [0.4, 0.5) is 5.69 Å².